The van der Waals surface area contributed by atoms with Crippen LogP contribution in [-0.2, 0) is 80.5 Å². The van der Waals surface area contributed by atoms with Gasteiger partial charge in [-0.05, 0) is 52.5 Å². The summed E-state index contributed by atoms with van der Waals surface area (Å²) in [6.45, 7) is 10.5. The summed E-state index contributed by atoms with van der Waals surface area (Å²) in [5.74, 6) is -0.741. The molecule has 74 heavy (non-hydrogen) atoms. The van der Waals surface area contributed by atoms with Crippen molar-refractivity contribution >= 4 is 5.97 Å². The van der Waals surface area contributed by atoms with Gasteiger partial charge >= 0.3 is 5.97 Å². The minimum absolute atomic E-state index is 0.00347. The maximum atomic E-state index is 15.5. The molecule has 14 atom stereocenters. The van der Waals surface area contributed by atoms with Crippen molar-refractivity contribution in [3.63, 3.8) is 0 Å². The number of carbonyl (C=O) groups excluding carboxylic acids is 1. The van der Waals surface area contributed by atoms with Crippen LogP contribution in [0.5, 0.6) is 0 Å². The summed E-state index contributed by atoms with van der Waals surface area (Å²) in [7, 11) is 0. The molecule has 1 aliphatic heterocycles. The first-order valence-corrected chi connectivity index (χ1v) is 26.1. The lowest BCUT2D eigenvalue weighted by atomic mass is 9.71. The van der Waals surface area contributed by atoms with Crippen LogP contribution in [-0.4, -0.2) is 107 Å². The van der Waals surface area contributed by atoms with E-state index in [1.165, 1.54) is 6.08 Å². The molecule has 5 aromatic rings. The van der Waals surface area contributed by atoms with E-state index in [1.54, 1.807) is 0 Å². The zero-order valence-electron chi connectivity index (χ0n) is 42.8. The fourth-order valence-electron chi connectivity index (χ4n) is 10.9. The van der Waals surface area contributed by atoms with Gasteiger partial charge in [-0.3, -0.25) is 0 Å². The minimum atomic E-state index is -2.82. The number of aliphatic hydroxyl groups excluding tert-OH is 2. The Morgan fingerprint density at radius 2 is 1.07 bits per heavy atom. The van der Waals surface area contributed by atoms with Crippen LogP contribution in [0.4, 0.5) is 0 Å². The molecule has 396 valence electrons. The smallest absolute Gasteiger partial charge is 0.344 e. The number of rotatable bonds is 24. The van der Waals surface area contributed by atoms with Crippen molar-refractivity contribution in [1.82, 2.24) is 0 Å². The third-order valence-corrected chi connectivity index (χ3v) is 14.5. The zero-order chi connectivity index (χ0) is 51.9. The summed E-state index contributed by atoms with van der Waals surface area (Å²) in [6.07, 6.45) is -11.0. The molecule has 0 aromatic heterocycles. The molecule has 0 radical (unpaired) electrons. The first-order chi connectivity index (χ1) is 36.0. The Morgan fingerprint density at radius 3 is 1.54 bits per heavy atom. The molecule has 1 heterocycles. The Bertz CT molecular complexity index is 2410. The lowest BCUT2D eigenvalue weighted by Gasteiger charge is -2.53. The third kappa shape index (κ3) is 13.8. The molecule has 13 nitrogen and oxygen atoms in total. The van der Waals surface area contributed by atoms with Gasteiger partial charge in [-0.15, -0.1) is 6.58 Å². The molecule has 1 saturated heterocycles. The van der Waals surface area contributed by atoms with Gasteiger partial charge in [0.25, 0.3) is 0 Å². The van der Waals surface area contributed by atoms with E-state index in [0.717, 1.165) is 40.7 Å². The van der Waals surface area contributed by atoms with Gasteiger partial charge in [0.1, 0.15) is 61.0 Å². The van der Waals surface area contributed by atoms with Crippen LogP contribution in [0.1, 0.15) is 67.9 Å². The average Bonchev–Trinajstić information content (AvgIpc) is 3.43. The van der Waals surface area contributed by atoms with Crippen molar-refractivity contribution in [1.29, 1.82) is 0 Å². The van der Waals surface area contributed by atoms with Gasteiger partial charge in [0.15, 0.2) is 6.29 Å². The van der Waals surface area contributed by atoms with E-state index >= 15 is 4.79 Å². The fraction of sp³-hybridized carbons (Fsp3) is 0.459. The summed E-state index contributed by atoms with van der Waals surface area (Å²) < 4.78 is 59.7. The monoisotopic (exact) mass is 1010 g/mol. The van der Waals surface area contributed by atoms with Crippen molar-refractivity contribution in [2.45, 2.75) is 146 Å². The molecule has 3 N–H and O–H groups in total. The first-order valence-electron chi connectivity index (χ1n) is 26.1. The molecule has 0 spiro atoms. The van der Waals surface area contributed by atoms with E-state index < -0.39 is 78.9 Å². The Kier molecular flexibility index (Phi) is 20.2. The molecule has 3 unspecified atom stereocenters. The normalized spacial score (nSPS) is 30.2. The number of hydrogen-bond donors (Lipinski definition) is 3. The van der Waals surface area contributed by atoms with Crippen molar-refractivity contribution in [3.05, 3.63) is 192 Å². The summed E-state index contributed by atoms with van der Waals surface area (Å²) in [6, 6.07) is 47.7. The van der Waals surface area contributed by atoms with Crippen molar-refractivity contribution in [3.8, 4) is 0 Å². The largest absolute Gasteiger partial charge is 0.460 e. The second-order valence-corrected chi connectivity index (χ2v) is 20.2. The van der Waals surface area contributed by atoms with E-state index in [0.29, 0.717) is 6.42 Å². The van der Waals surface area contributed by atoms with Crippen LogP contribution in [0.15, 0.2) is 164 Å². The molecule has 2 saturated carbocycles. The molecule has 0 amide bonds. The molecule has 3 fully saturated rings. The maximum Gasteiger partial charge on any atom is 0.344 e. The quantitative estimate of drug-likeness (QED) is 0.0398. The number of aliphatic hydroxyl groups is 3. The van der Waals surface area contributed by atoms with Crippen LogP contribution >= 0.6 is 0 Å². The predicted octanol–water partition coefficient (Wildman–Crippen LogP) is 8.70. The van der Waals surface area contributed by atoms with E-state index in [1.807, 2.05) is 152 Å². The molecule has 3 aliphatic rings. The van der Waals surface area contributed by atoms with E-state index in [9.17, 15) is 15.3 Å². The highest BCUT2D eigenvalue weighted by atomic mass is 16.7. The Labute approximate surface area is 436 Å². The Morgan fingerprint density at radius 1 is 0.622 bits per heavy atom. The highest BCUT2D eigenvalue weighted by molar-refractivity contribution is 5.82. The highest BCUT2D eigenvalue weighted by Gasteiger charge is 2.68. The Balaban J connectivity index is 1.20. The van der Waals surface area contributed by atoms with E-state index in [4.69, 9.17) is 42.6 Å². The van der Waals surface area contributed by atoms with Crippen molar-refractivity contribution in [2.24, 2.45) is 17.8 Å². The average molecular weight is 1020 g/mol. The summed E-state index contributed by atoms with van der Waals surface area (Å²) in [5.41, 5.74) is 1.40. The van der Waals surface area contributed by atoms with Crippen molar-refractivity contribution in [2.75, 3.05) is 13.2 Å². The molecule has 13 heteroatoms. The molecular weight excluding hydrogens is 941 g/mol. The SMILES string of the molecule is C=CCO[C@H]1[C@H](OCc2ccccc2)[C@@H](OCc2ccccc2)[C@H](O)[C@H](O[C@H]2O[C@H](COCc3ccccc3)[C@@H](OCc3ccccc3)[C@H](OCc3ccccc3)[C@@H]2O)[C@@]1(O)C(=O)OC1CCCC(C)C1C(C)C. The van der Waals surface area contributed by atoms with Gasteiger partial charge in [0.05, 0.1) is 46.2 Å². The van der Waals surface area contributed by atoms with Gasteiger partial charge in [-0.25, -0.2) is 4.79 Å². The molecule has 0 bridgehead atoms. The van der Waals surface area contributed by atoms with Gasteiger partial charge in [0.2, 0.25) is 5.60 Å². The molecule has 2 aliphatic carbocycles. The lowest BCUT2D eigenvalue weighted by Crippen LogP contribution is -2.77. The summed E-state index contributed by atoms with van der Waals surface area (Å²) >= 11 is 0. The van der Waals surface area contributed by atoms with Gasteiger partial charge in [-0.1, -0.05) is 185 Å². The van der Waals surface area contributed by atoms with E-state index in [2.05, 4.69) is 27.4 Å². The number of benzene rings is 5. The molecular formula is C61H74O13. The highest BCUT2D eigenvalue weighted by Crippen LogP contribution is 2.44. The van der Waals surface area contributed by atoms with Crippen LogP contribution in [0, 0.1) is 17.8 Å². The number of esters is 1. The molecule has 8 rings (SSSR count). The van der Waals surface area contributed by atoms with Crippen LogP contribution in [0.25, 0.3) is 0 Å². The standard InChI is InChI=1S/C61H74O13/c1-5-34-67-58-56(71-39-47-31-19-10-20-32-47)54(69-37-45-27-15-8-16-28-45)51(62)57(61(58,65)60(64)73-48-33-21-22-42(4)50(48)41(2)3)74-59-52(63)55(70-38-46-29-17-9-18-30-46)53(68-36-44-25-13-7-14-26-44)49(72-59)40-66-35-43-23-11-6-12-24-43/h5-20,23-32,41-42,48-59,62-63,65H,1,21-22,33-40H2,2-4H3/t42?,48?,49-,50?,51+,52+,53-,54+,55-,56-,57+,58+,59-,61+/m1/s1. The van der Waals surface area contributed by atoms with Crippen LogP contribution < -0.4 is 0 Å². The van der Waals surface area contributed by atoms with Crippen LogP contribution in [0.2, 0.25) is 0 Å². The molecule has 5 aromatic carbocycles. The van der Waals surface area contributed by atoms with Gasteiger partial charge in [-0.2, -0.15) is 0 Å². The predicted molar refractivity (Wildman–Crippen MR) is 278 cm³/mol. The second-order valence-electron chi connectivity index (χ2n) is 20.2. The first kappa shape index (κ1) is 55.1. The topological polar surface area (TPSA) is 161 Å². The van der Waals surface area contributed by atoms with Crippen molar-refractivity contribution < 1.29 is 62.7 Å². The van der Waals surface area contributed by atoms with Crippen LogP contribution in [0.3, 0.4) is 0 Å². The Hall–Kier alpha value is -5.13. The second kappa shape index (κ2) is 27.1. The van der Waals surface area contributed by atoms with E-state index in [-0.39, 0.29) is 64.0 Å². The van der Waals surface area contributed by atoms with Gasteiger partial charge < -0.3 is 58.0 Å². The van der Waals surface area contributed by atoms with Gasteiger partial charge in [0, 0.05) is 5.92 Å². The maximum absolute atomic E-state index is 15.5. The number of ether oxygens (including phenoxy) is 9. The fourth-order valence-corrected chi connectivity index (χ4v) is 10.9. The lowest BCUT2D eigenvalue weighted by molar-refractivity contribution is -0.366. The minimum Gasteiger partial charge on any atom is -0.460 e. The third-order valence-electron chi connectivity index (χ3n) is 14.5. The zero-order valence-corrected chi connectivity index (χ0v) is 42.8. The number of hydrogen-bond acceptors (Lipinski definition) is 13. The summed E-state index contributed by atoms with van der Waals surface area (Å²) in [5, 5.41) is 39.5. The summed E-state index contributed by atoms with van der Waals surface area (Å²) in [4.78, 5) is 15.5. The number of carbonyl (C=O) groups is 1.